The van der Waals surface area contributed by atoms with Crippen molar-refractivity contribution in [1.29, 1.82) is 0 Å². The Morgan fingerprint density at radius 3 is 2.53 bits per heavy atom. The molecule has 1 heterocycles. The highest BCUT2D eigenvalue weighted by molar-refractivity contribution is 9.10. The molecule has 8 heteroatoms. The number of aryl methyl sites for hydroxylation is 2. The lowest BCUT2D eigenvalue weighted by Gasteiger charge is -2.17. The summed E-state index contributed by atoms with van der Waals surface area (Å²) >= 11 is 10.3. The Bertz CT molecular complexity index is 1310. The molecule has 0 radical (unpaired) electrons. The van der Waals surface area contributed by atoms with Crippen LogP contribution in [0.15, 0.2) is 64.0 Å². The molecule has 174 valence electrons. The molecule has 0 aliphatic carbocycles. The van der Waals surface area contributed by atoms with Crippen molar-refractivity contribution in [3.63, 3.8) is 0 Å². The van der Waals surface area contributed by atoms with E-state index in [1.807, 2.05) is 38.1 Å². The molecule has 3 aromatic carbocycles. The van der Waals surface area contributed by atoms with Crippen LogP contribution in [0.3, 0.4) is 0 Å². The molecule has 0 unspecified atom stereocenters. The maximum atomic E-state index is 13.2. The number of nitrogens with zero attached hydrogens (tertiary/aromatic N) is 1. The summed E-state index contributed by atoms with van der Waals surface area (Å²) < 4.78 is 25.8. The zero-order valence-electron chi connectivity index (χ0n) is 18.7. The quantitative estimate of drug-likeness (QED) is 0.236. The average Bonchev–Trinajstić information content (AvgIpc) is 3.06. The lowest BCUT2D eigenvalue weighted by Crippen LogP contribution is -2.28. The first-order valence-electron chi connectivity index (χ1n) is 10.4. The van der Waals surface area contributed by atoms with Crippen LogP contribution < -0.4 is 14.4 Å². The molecule has 3 aromatic rings. The van der Waals surface area contributed by atoms with Crippen LogP contribution in [0.5, 0.6) is 11.5 Å². The Labute approximate surface area is 215 Å². The van der Waals surface area contributed by atoms with Crippen molar-refractivity contribution in [3.05, 3.63) is 92.0 Å². The first kappa shape index (κ1) is 24.4. The van der Waals surface area contributed by atoms with E-state index in [1.165, 1.54) is 23.9 Å². The van der Waals surface area contributed by atoms with Crippen LogP contribution in [0, 0.1) is 19.7 Å². The molecule has 0 atom stereocenters. The van der Waals surface area contributed by atoms with Crippen LogP contribution in [0.4, 0.5) is 10.1 Å². The second-order valence-corrected chi connectivity index (χ2v) is 10.3. The molecule has 1 saturated heterocycles. The predicted octanol–water partition coefficient (Wildman–Crippen LogP) is 7.20. The van der Waals surface area contributed by atoms with Crippen LogP contribution in [0.25, 0.3) is 6.08 Å². The maximum Gasteiger partial charge on any atom is 0.270 e. The van der Waals surface area contributed by atoms with Crippen LogP contribution in [-0.4, -0.2) is 17.3 Å². The maximum absolute atomic E-state index is 13.2. The Hall–Kier alpha value is -2.68. The molecule has 0 saturated carbocycles. The van der Waals surface area contributed by atoms with Gasteiger partial charge in [0.2, 0.25) is 0 Å². The van der Waals surface area contributed by atoms with E-state index in [4.69, 9.17) is 21.7 Å². The number of hydrogen-bond acceptors (Lipinski definition) is 5. The lowest BCUT2D eigenvalue weighted by molar-refractivity contribution is -0.113. The standard InChI is InChI=1S/C26H21BrFNO3S2/c1-15-4-9-21(16(2)10-15)29-25(30)23(34-26(29)33)13-18-11-20(27)24(22(12-18)31-3)32-14-17-5-7-19(28)8-6-17/h4-13H,14H2,1-3H3/b23-13-. The Kier molecular flexibility index (Phi) is 7.40. The van der Waals surface area contributed by atoms with E-state index >= 15 is 0 Å². The van der Waals surface area contributed by atoms with Gasteiger partial charge in [0.25, 0.3) is 5.91 Å². The smallest absolute Gasteiger partial charge is 0.270 e. The summed E-state index contributed by atoms with van der Waals surface area (Å²) in [6.45, 7) is 4.24. The van der Waals surface area contributed by atoms with Crippen molar-refractivity contribution >= 4 is 61.9 Å². The summed E-state index contributed by atoms with van der Waals surface area (Å²) in [5, 5.41) is 0. The first-order valence-corrected chi connectivity index (χ1v) is 12.4. The second-order valence-electron chi connectivity index (χ2n) is 7.76. The van der Waals surface area contributed by atoms with Crippen LogP contribution in [0.1, 0.15) is 22.3 Å². The number of anilines is 1. The third-order valence-electron chi connectivity index (χ3n) is 5.23. The molecule has 1 aliphatic rings. The number of rotatable bonds is 6. The van der Waals surface area contributed by atoms with Gasteiger partial charge in [-0.15, -0.1) is 0 Å². The van der Waals surface area contributed by atoms with Crippen molar-refractivity contribution in [2.75, 3.05) is 12.0 Å². The summed E-state index contributed by atoms with van der Waals surface area (Å²) in [5.41, 5.74) is 4.50. The average molecular weight is 558 g/mol. The number of thiocarbonyl (C=S) groups is 1. The lowest BCUT2D eigenvalue weighted by atomic mass is 10.1. The number of benzene rings is 3. The van der Waals surface area contributed by atoms with E-state index in [1.54, 1.807) is 36.3 Å². The Morgan fingerprint density at radius 1 is 1.12 bits per heavy atom. The number of amides is 1. The van der Waals surface area contributed by atoms with E-state index in [9.17, 15) is 9.18 Å². The fourth-order valence-electron chi connectivity index (χ4n) is 3.58. The van der Waals surface area contributed by atoms with Crippen molar-refractivity contribution < 1.29 is 18.7 Å². The highest BCUT2D eigenvalue weighted by Crippen LogP contribution is 2.41. The molecule has 4 nitrogen and oxygen atoms in total. The van der Waals surface area contributed by atoms with Crippen LogP contribution >= 0.6 is 39.9 Å². The van der Waals surface area contributed by atoms with E-state index in [0.29, 0.717) is 25.2 Å². The van der Waals surface area contributed by atoms with Crippen molar-refractivity contribution in [2.24, 2.45) is 0 Å². The SMILES string of the molecule is COc1cc(/C=C2\SC(=S)N(c3ccc(C)cc3C)C2=O)cc(Br)c1OCc1ccc(F)cc1. The van der Waals surface area contributed by atoms with Gasteiger partial charge in [-0.3, -0.25) is 9.69 Å². The summed E-state index contributed by atoms with van der Waals surface area (Å²) in [7, 11) is 1.55. The van der Waals surface area contributed by atoms with Crippen LogP contribution in [0.2, 0.25) is 0 Å². The molecular weight excluding hydrogens is 537 g/mol. The Balaban J connectivity index is 1.59. The molecule has 4 rings (SSSR count). The fourth-order valence-corrected chi connectivity index (χ4v) is 5.44. The highest BCUT2D eigenvalue weighted by atomic mass is 79.9. The zero-order valence-corrected chi connectivity index (χ0v) is 21.9. The molecule has 34 heavy (non-hydrogen) atoms. The van der Waals surface area contributed by atoms with Gasteiger partial charge in [-0.1, -0.05) is 53.8 Å². The molecule has 0 spiro atoms. The minimum atomic E-state index is -0.296. The van der Waals surface area contributed by atoms with Gasteiger partial charge in [0.05, 0.1) is 22.2 Å². The number of methoxy groups -OCH3 is 1. The second kappa shape index (κ2) is 10.3. The summed E-state index contributed by atoms with van der Waals surface area (Å²) in [5.74, 6) is 0.572. The van der Waals surface area contributed by atoms with Crippen molar-refractivity contribution in [3.8, 4) is 11.5 Å². The van der Waals surface area contributed by atoms with Gasteiger partial charge in [-0.25, -0.2) is 4.39 Å². The van der Waals surface area contributed by atoms with E-state index in [2.05, 4.69) is 15.9 Å². The van der Waals surface area contributed by atoms with Crippen LogP contribution in [-0.2, 0) is 11.4 Å². The van der Waals surface area contributed by atoms with Gasteiger partial charge in [0.1, 0.15) is 12.4 Å². The van der Waals surface area contributed by atoms with E-state index in [-0.39, 0.29) is 18.3 Å². The summed E-state index contributed by atoms with van der Waals surface area (Å²) in [6, 6.07) is 15.7. The minimum absolute atomic E-state index is 0.159. The van der Waals surface area contributed by atoms with E-state index in [0.717, 1.165) is 27.9 Å². The third kappa shape index (κ3) is 5.19. The normalized spacial score (nSPS) is 14.7. The van der Waals surface area contributed by atoms with Gasteiger partial charge in [-0.2, -0.15) is 0 Å². The topological polar surface area (TPSA) is 38.8 Å². The molecular formula is C26H21BrFNO3S2. The number of ether oxygens (including phenoxy) is 2. The summed E-state index contributed by atoms with van der Waals surface area (Å²) in [6.07, 6.45) is 1.79. The molecule has 1 amide bonds. The van der Waals surface area contributed by atoms with Gasteiger partial charge in [0, 0.05) is 0 Å². The molecule has 1 fully saturated rings. The highest BCUT2D eigenvalue weighted by Gasteiger charge is 2.34. The number of thioether (sulfide) groups is 1. The van der Waals surface area contributed by atoms with Gasteiger partial charge < -0.3 is 9.47 Å². The van der Waals surface area contributed by atoms with Gasteiger partial charge in [0.15, 0.2) is 15.8 Å². The zero-order chi connectivity index (χ0) is 24.4. The largest absolute Gasteiger partial charge is 0.493 e. The molecule has 0 bridgehead atoms. The van der Waals surface area contributed by atoms with Gasteiger partial charge in [-0.05, 0) is 82.9 Å². The molecule has 0 aromatic heterocycles. The number of carbonyl (C=O) groups is 1. The first-order chi connectivity index (χ1) is 16.3. The molecule has 1 aliphatic heterocycles. The van der Waals surface area contributed by atoms with Gasteiger partial charge >= 0.3 is 0 Å². The molecule has 0 N–H and O–H groups in total. The minimum Gasteiger partial charge on any atom is -0.493 e. The Morgan fingerprint density at radius 2 is 1.85 bits per heavy atom. The number of hydrogen-bond donors (Lipinski definition) is 0. The van der Waals surface area contributed by atoms with E-state index < -0.39 is 0 Å². The predicted molar refractivity (Wildman–Crippen MR) is 143 cm³/mol. The van der Waals surface area contributed by atoms with Crippen molar-refractivity contribution in [1.82, 2.24) is 0 Å². The number of carbonyl (C=O) groups excluding carboxylic acids is 1. The third-order valence-corrected chi connectivity index (χ3v) is 7.12. The number of halogens is 2. The summed E-state index contributed by atoms with van der Waals surface area (Å²) in [4.78, 5) is 15.3. The van der Waals surface area contributed by atoms with Crippen molar-refractivity contribution in [2.45, 2.75) is 20.5 Å². The monoisotopic (exact) mass is 557 g/mol. The fraction of sp³-hybridized carbons (Fsp3) is 0.154.